The molecule has 0 aliphatic carbocycles. The topological polar surface area (TPSA) is 76.2 Å². The Kier molecular flexibility index (Phi) is 4.00. The summed E-state index contributed by atoms with van der Waals surface area (Å²) in [6.07, 6.45) is -2.47. The number of nitrogens with zero attached hydrogens (tertiary/aromatic N) is 1. The number of alkyl halides is 3. The molecule has 0 unspecified atom stereocenters. The Morgan fingerprint density at radius 3 is 2.62 bits per heavy atom. The van der Waals surface area contributed by atoms with Gasteiger partial charge in [-0.3, -0.25) is 4.79 Å². The molecule has 4 nitrogen and oxygen atoms in total. The molecule has 0 atom stereocenters. The van der Waals surface area contributed by atoms with Crippen molar-refractivity contribution in [1.82, 2.24) is 4.98 Å². The second kappa shape index (κ2) is 5.07. The summed E-state index contributed by atoms with van der Waals surface area (Å²) in [6, 6.07) is 0. The molecule has 7 heteroatoms. The number of carboxylic acid groups (broad SMARTS) is 1. The van der Waals surface area contributed by atoms with Crippen LogP contribution in [0.5, 0.6) is 0 Å². The summed E-state index contributed by atoms with van der Waals surface area (Å²) in [5.41, 5.74) is 5.11. The summed E-state index contributed by atoms with van der Waals surface area (Å²) in [5.74, 6) is -1.39. The van der Waals surface area contributed by atoms with Crippen molar-refractivity contribution in [3.63, 3.8) is 0 Å². The van der Waals surface area contributed by atoms with Gasteiger partial charge in [-0.25, -0.2) is 13.8 Å². The van der Waals surface area contributed by atoms with Crippen LogP contribution in [0.4, 0.5) is 14.6 Å². The van der Waals surface area contributed by atoms with E-state index < -0.39 is 24.4 Å². The van der Waals surface area contributed by atoms with E-state index in [0.29, 0.717) is 0 Å². The number of aromatic nitrogens is 1. The molecule has 0 amide bonds. The summed E-state index contributed by atoms with van der Waals surface area (Å²) in [7, 11) is 0. The fourth-order valence-electron chi connectivity index (χ4n) is 1.32. The zero-order valence-electron chi connectivity index (χ0n) is 8.08. The zero-order chi connectivity index (χ0) is 12.3. The predicted molar refractivity (Wildman–Crippen MR) is 54.5 cm³/mol. The predicted octanol–water partition coefficient (Wildman–Crippen LogP) is 1.97. The Balaban J connectivity index is 3.34. The first-order valence-electron chi connectivity index (χ1n) is 4.29. The summed E-state index contributed by atoms with van der Waals surface area (Å²) in [4.78, 5) is 14.1. The van der Waals surface area contributed by atoms with Crippen molar-refractivity contribution in [2.24, 2.45) is 0 Å². The fraction of sp³-hybridized carbons (Fsp3) is 0.333. The molecule has 0 radical (unpaired) electrons. The van der Waals surface area contributed by atoms with Crippen molar-refractivity contribution in [2.75, 3.05) is 5.73 Å². The van der Waals surface area contributed by atoms with Crippen LogP contribution in [0.1, 0.15) is 23.1 Å². The van der Waals surface area contributed by atoms with Gasteiger partial charge in [0.1, 0.15) is 5.82 Å². The minimum absolute atomic E-state index is 0.0179. The van der Waals surface area contributed by atoms with Gasteiger partial charge in [-0.05, 0) is 5.56 Å². The molecule has 1 heterocycles. The average Bonchev–Trinajstić information content (AvgIpc) is 2.16. The quantitative estimate of drug-likeness (QED) is 0.801. The van der Waals surface area contributed by atoms with E-state index in [2.05, 4.69) is 4.98 Å². The van der Waals surface area contributed by atoms with E-state index in [4.69, 9.17) is 22.4 Å². The third-order valence-corrected chi connectivity index (χ3v) is 2.33. The molecule has 0 aromatic carbocycles. The van der Waals surface area contributed by atoms with Crippen LogP contribution in [0.3, 0.4) is 0 Å². The maximum Gasteiger partial charge on any atom is 0.307 e. The van der Waals surface area contributed by atoms with Crippen molar-refractivity contribution in [2.45, 2.75) is 18.7 Å². The van der Waals surface area contributed by atoms with Gasteiger partial charge in [0.05, 0.1) is 12.3 Å². The molecule has 0 aliphatic rings. The number of rotatable bonds is 4. The van der Waals surface area contributed by atoms with E-state index in [-0.39, 0.29) is 22.8 Å². The van der Waals surface area contributed by atoms with Gasteiger partial charge in [-0.2, -0.15) is 0 Å². The number of halogens is 3. The lowest BCUT2D eigenvalue weighted by Gasteiger charge is -2.12. The molecule has 1 aromatic heterocycles. The van der Waals surface area contributed by atoms with Crippen molar-refractivity contribution >= 4 is 23.4 Å². The van der Waals surface area contributed by atoms with Crippen LogP contribution in [0.2, 0.25) is 0 Å². The number of nitrogens with two attached hydrogens (primary N) is 1. The second-order valence-electron chi connectivity index (χ2n) is 3.06. The van der Waals surface area contributed by atoms with Gasteiger partial charge in [0.25, 0.3) is 6.43 Å². The number of hydrogen-bond donors (Lipinski definition) is 2. The molecule has 3 N–H and O–H groups in total. The largest absolute Gasteiger partial charge is 0.481 e. The van der Waals surface area contributed by atoms with Gasteiger partial charge in [0, 0.05) is 17.3 Å². The standard InChI is InChI=1S/C9H9ClF2N2O2/c10-2-5-4(1-7(15)16)6(8(11)12)3-14-9(5)13/h3,8H,1-2H2,(H2,13,14)(H,15,16). The Labute approximate surface area is 95.0 Å². The SMILES string of the molecule is Nc1ncc(C(F)F)c(CC(=O)O)c1CCl. The molecule has 0 saturated heterocycles. The van der Waals surface area contributed by atoms with Crippen LogP contribution in [0, 0.1) is 0 Å². The normalized spacial score (nSPS) is 10.8. The zero-order valence-corrected chi connectivity index (χ0v) is 8.84. The van der Waals surface area contributed by atoms with E-state index in [1.165, 1.54) is 0 Å². The highest BCUT2D eigenvalue weighted by Gasteiger charge is 2.20. The van der Waals surface area contributed by atoms with Crippen LogP contribution in [-0.2, 0) is 17.1 Å². The Morgan fingerprint density at radius 1 is 1.56 bits per heavy atom. The van der Waals surface area contributed by atoms with Crippen molar-refractivity contribution in [3.8, 4) is 0 Å². The van der Waals surface area contributed by atoms with E-state index in [0.717, 1.165) is 6.20 Å². The molecule has 0 aliphatic heterocycles. The highest BCUT2D eigenvalue weighted by molar-refractivity contribution is 6.17. The van der Waals surface area contributed by atoms with Gasteiger partial charge < -0.3 is 10.8 Å². The maximum atomic E-state index is 12.6. The minimum atomic E-state index is -2.80. The Hall–Kier alpha value is -1.43. The molecular weight excluding hydrogens is 242 g/mol. The van der Waals surface area contributed by atoms with Crippen LogP contribution < -0.4 is 5.73 Å². The number of aliphatic carboxylic acids is 1. The summed E-state index contributed by atoms with van der Waals surface area (Å²) < 4.78 is 25.2. The van der Waals surface area contributed by atoms with E-state index in [1.807, 2.05) is 0 Å². The number of pyridine rings is 1. The molecule has 1 rings (SSSR count). The van der Waals surface area contributed by atoms with Crippen LogP contribution in [-0.4, -0.2) is 16.1 Å². The van der Waals surface area contributed by atoms with Crippen LogP contribution >= 0.6 is 11.6 Å². The molecular formula is C9H9ClF2N2O2. The molecule has 0 spiro atoms. The second-order valence-corrected chi connectivity index (χ2v) is 3.33. The summed E-state index contributed by atoms with van der Waals surface area (Å²) >= 11 is 5.54. The van der Waals surface area contributed by atoms with Crippen molar-refractivity contribution in [1.29, 1.82) is 0 Å². The number of carbonyl (C=O) groups is 1. The minimum Gasteiger partial charge on any atom is -0.481 e. The van der Waals surface area contributed by atoms with E-state index >= 15 is 0 Å². The first kappa shape index (κ1) is 12.6. The van der Waals surface area contributed by atoms with E-state index in [1.54, 1.807) is 0 Å². The number of anilines is 1. The Bertz CT molecular complexity index is 413. The lowest BCUT2D eigenvalue weighted by atomic mass is 10.0. The molecule has 0 saturated carbocycles. The molecule has 0 fully saturated rings. The van der Waals surface area contributed by atoms with Crippen LogP contribution in [0.25, 0.3) is 0 Å². The third kappa shape index (κ3) is 2.57. The first-order chi connectivity index (χ1) is 7.47. The lowest BCUT2D eigenvalue weighted by molar-refractivity contribution is -0.136. The molecule has 88 valence electrons. The number of carboxylic acids is 1. The van der Waals surface area contributed by atoms with Crippen molar-refractivity contribution in [3.05, 3.63) is 22.9 Å². The summed E-state index contributed by atoms with van der Waals surface area (Å²) in [5, 5.41) is 8.63. The molecule has 0 bridgehead atoms. The Morgan fingerprint density at radius 2 is 2.19 bits per heavy atom. The highest BCUT2D eigenvalue weighted by atomic mass is 35.5. The van der Waals surface area contributed by atoms with Crippen LogP contribution in [0.15, 0.2) is 6.20 Å². The number of nitrogen functional groups attached to an aromatic ring is 1. The average molecular weight is 251 g/mol. The van der Waals surface area contributed by atoms with E-state index in [9.17, 15) is 13.6 Å². The molecule has 1 aromatic rings. The third-order valence-electron chi connectivity index (χ3n) is 2.06. The molecule has 16 heavy (non-hydrogen) atoms. The highest BCUT2D eigenvalue weighted by Crippen LogP contribution is 2.28. The first-order valence-corrected chi connectivity index (χ1v) is 4.82. The summed E-state index contributed by atoms with van der Waals surface area (Å²) in [6.45, 7) is 0. The van der Waals surface area contributed by atoms with Gasteiger partial charge in [0.15, 0.2) is 0 Å². The maximum absolute atomic E-state index is 12.6. The lowest BCUT2D eigenvalue weighted by Crippen LogP contribution is -2.10. The monoisotopic (exact) mass is 250 g/mol. The van der Waals surface area contributed by atoms with Gasteiger partial charge in [-0.15, -0.1) is 11.6 Å². The van der Waals surface area contributed by atoms with Gasteiger partial charge in [-0.1, -0.05) is 0 Å². The smallest absolute Gasteiger partial charge is 0.307 e. The van der Waals surface area contributed by atoms with Gasteiger partial charge >= 0.3 is 5.97 Å². The van der Waals surface area contributed by atoms with Crippen molar-refractivity contribution < 1.29 is 18.7 Å². The fourth-order valence-corrected chi connectivity index (χ4v) is 1.62. The van der Waals surface area contributed by atoms with Gasteiger partial charge in [0.2, 0.25) is 0 Å². The number of hydrogen-bond acceptors (Lipinski definition) is 3.